The number of carbonyl (C=O) groups excluding carboxylic acids is 1. The molecule has 3 aromatic rings. The van der Waals surface area contributed by atoms with Crippen molar-refractivity contribution in [3.05, 3.63) is 66.4 Å². The molecule has 134 valence electrons. The van der Waals surface area contributed by atoms with Gasteiger partial charge in [-0.05, 0) is 42.2 Å². The zero-order chi connectivity index (χ0) is 18.7. The Balaban J connectivity index is 1.70. The second-order valence-corrected chi connectivity index (χ2v) is 7.40. The molecule has 0 radical (unpaired) electrons. The van der Waals surface area contributed by atoms with Gasteiger partial charge >= 0.3 is 0 Å². The highest BCUT2D eigenvalue weighted by Gasteiger charge is 2.17. The molecule has 1 amide bonds. The van der Waals surface area contributed by atoms with Crippen LogP contribution in [0.15, 0.2) is 60.8 Å². The van der Waals surface area contributed by atoms with E-state index < -0.39 is 6.10 Å². The molecule has 0 saturated carbocycles. The second-order valence-electron chi connectivity index (χ2n) is 7.40. The quantitative estimate of drug-likeness (QED) is 0.727. The fourth-order valence-corrected chi connectivity index (χ4v) is 2.73. The van der Waals surface area contributed by atoms with Crippen LogP contribution in [0.5, 0.6) is 5.75 Å². The van der Waals surface area contributed by atoms with Crippen LogP contribution in [0.25, 0.3) is 10.9 Å². The third-order valence-electron chi connectivity index (χ3n) is 4.29. The van der Waals surface area contributed by atoms with Crippen LogP contribution in [0.4, 0.5) is 5.69 Å². The van der Waals surface area contributed by atoms with Gasteiger partial charge in [-0.15, -0.1) is 0 Å². The molecule has 1 aromatic heterocycles. The summed E-state index contributed by atoms with van der Waals surface area (Å²) >= 11 is 0. The SMILES string of the molecule is C[C@H](Oc1ccc(C(C)(C)C)cc1)C(=O)Nc1cccc2cccnc12. The summed E-state index contributed by atoms with van der Waals surface area (Å²) in [6.45, 7) is 8.23. The number of rotatable bonds is 4. The molecule has 0 unspecified atom stereocenters. The van der Waals surface area contributed by atoms with Gasteiger partial charge in [0.1, 0.15) is 5.75 Å². The van der Waals surface area contributed by atoms with Gasteiger partial charge in [-0.25, -0.2) is 0 Å². The normalized spacial score (nSPS) is 12.6. The summed E-state index contributed by atoms with van der Waals surface area (Å²) in [5.41, 5.74) is 2.77. The Kier molecular flexibility index (Phi) is 4.94. The van der Waals surface area contributed by atoms with Crippen molar-refractivity contribution >= 4 is 22.5 Å². The zero-order valence-electron chi connectivity index (χ0n) is 15.6. The first-order chi connectivity index (χ1) is 12.3. The molecule has 26 heavy (non-hydrogen) atoms. The van der Waals surface area contributed by atoms with E-state index in [0.29, 0.717) is 11.4 Å². The summed E-state index contributed by atoms with van der Waals surface area (Å²) in [6, 6.07) is 17.4. The lowest BCUT2D eigenvalue weighted by molar-refractivity contribution is -0.122. The Bertz CT molecular complexity index is 906. The molecule has 4 nitrogen and oxygen atoms in total. The maximum absolute atomic E-state index is 12.5. The molecular formula is C22H24N2O2. The number of nitrogens with zero attached hydrogens (tertiary/aromatic N) is 1. The lowest BCUT2D eigenvalue weighted by Crippen LogP contribution is -2.30. The first-order valence-corrected chi connectivity index (χ1v) is 8.76. The fourth-order valence-electron chi connectivity index (χ4n) is 2.73. The smallest absolute Gasteiger partial charge is 0.265 e. The number of hydrogen-bond donors (Lipinski definition) is 1. The molecule has 2 aromatic carbocycles. The molecular weight excluding hydrogens is 324 g/mol. The molecule has 0 aliphatic rings. The molecule has 4 heteroatoms. The van der Waals surface area contributed by atoms with Crippen molar-refractivity contribution in [1.82, 2.24) is 4.98 Å². The van der Waals surface area contributed by atoms with E-state index in [0.717, 1.165) is 10.9 Å². The molecule has 0 spiro atoms. The number of anilines is 1. The summed E-state index contributed by atoms with van der Waals surface area (Å²) in [4.78, 5) is 16.9. The van der Waals surface area contributed by atoms with E-state index in [1.807, 2.05) is 54.6 Å². The Morgan fingerprint density at radius 1 is 1.04 bits per heavy atom. The van der Waals surface area contributed by atoms with Gasteiger partial charge in [0.05, 0.1) is 11.2 Å². The fraction of sp³-hybridized carbons (Fsp3) is 0.273. The van der Waals surface area contributed by atoms with E-state index in [4.69, 9.17) is 4.74 Å². The van der Waals surface area contributed by atoms with Crippen LogP contribution in [-0.4, -0.2) is 17.0 Å². The van der Waals surface area contributed by atoms with Crippen LogP contribution >= 0.6 is 0 Å². The van der Waals surface area contributed by atoms with Gasteiger partial charge in [-0.2, -0.15) is 0 Å². The number of para-hydroxylation sites is 1. The Hall–Kier alpha value is -2.88. The topological polar surface area (TPSA) is 51.2 Å². The van der Waals surface area contributed by atoms with Gasteiger partial charge in [0.25, 0.3) is 5.91 Å². The minimum atomic E-state index is -0.616. The van der Waals surface area contributed by atoms with Gasteiger partial charge in [-0.1, -0.05) is 51.1 Å². The van der Waals surface area contributed by atoms with Crippen molar-refractivity contribution in [1.29, 1.82) is 0 Å². The van der Waals surface area contributed by atoms with Crippen LogP contribution in [0.3, 0.4) is 0 Å². The minimum absolute atomic E-state index is 0.0862. The zero-order valence-corrected chi connectivity index (χ0v) is 15.6. The summed E-state index contributed by atoms with van der Waals surface area (Å²) in [5.74, 6) is 0.472. The number of aromatic nitrogens is 1. The average molecular weight is 348 g/mol. The second kappa shape index (κ2) is 7.16. The number of fused-ring (bicyclic) bond motifs is 1. The standard InChI is InChI=1S/C22H24N2O2/c1-15(26-18-12-10-17(11-13-18)22(2,3)4)21(25)24-19-9-5-7-16-8-6-14-23-20(16)19/h5-15H,1-4H3,(H,24,25)/t15-/m0/s1. The molecule has 0 aliphatic carbocycles. The average Bonchev–Trinajstić information content (AvgIpc) is 2.61. The molecule has 0 fully saturated rings. The van der Waals surface area contributed by atoms with Crippen molar-refractivity contribution in [2.45, 2.75) is 39.2 Å². The van der Waals surface area contributed by atoms with E-state index in [1.54, 1.807) is 13.1 Å². The third-order valence-corrected chi connectivity index (χ3v) is 4.29. The number of nitrogens with one attached hydrogen (secondary N) is 1. The largest absolute Gasteiger partial charge is 0.481 e. The number of carbonyl (C=O) groups is 1. The lowest BCUT2D eigenvalue weighted by Gasteiger charge is -2.20. The van der Waals surface area contributed by atoms with Crippen LogP contribution < -0.4 is 10.1 Å². The number of amides is 1. The van der Waals surface area contributed by atoms with Crippen molar-refractivity contribution in [3.8, 4) is 5.75 Å². The lowest BCUT2D eigenvalue weighted by atomic mass is 9.87. The predicted octanol–water partition coefficient (Wildman–Crippen LogP) is 4.94. The minimum Gasteiger partial charge on any atom is -0.481 e. The van der Waals surface area contributed by atoms with Crippen molar-refractivity contribution in [2.24, 2.45) is 0 Å². The van der Waals surface area contributed by atoms with Gasteiger partial charge in [0.2, 0.25) is 0 Å². The van der Waals surface area contributed by atoms with Crippen molar-refractivity contribution in [3.63, 3.8) is 0 Å². The van der Waals surface area contributed by atoms with E-state index in [1.165, 1.54) is 5.56 Å². The van der Waals surface area contributed by atoms with Crippen LogP contribution in [0.2, 0.25) is 0 Å². The predicted molar refractivity (Wildman–Crippen MR) is 106 cm³/mol. The number of pyridine rings is 1. The molecule has 0 aliphatic heterocycles. The Labute approximate surface area is 154 Å². The first kappa shape index (κ1) is 17.9. The maximum atomic E-state index is 12.5. The molecule has 0 saturated heterocycles. The van der Waals surface area contributed by atoms with E-state index >= 15 is 0 Å². The number of ether oxygens (including phenoxy) is 1. The van der Waals surface area contributed by atoms with Crippen LogP contribution in [0, 0.1) is 0 Å². The Morgan fingerprint density at radius 3 is 2.42 bits per heavy atom. The van der Waals surface area contributed by atoms with Crippen LogP contribution in [0.1, 0.15) is 33.3 Å². The van der Waals surface area contributed by atoms with Gasteiger partial charge in [0.15, 0.2) is 6.10 Å². The van der Waals surface area contributed by atoms with Crippen molar-refractivity contribution < 1.29 is 9.53 Å². The summed E-state index contributed by atoms with van der Waals surface area (Å²) in [7, 11) is 0. The Morgan fingerprint density at radius 2 is 1.73 bits per heavy atom. The van der Waals surface area contributed by atoms with Crippen molar-refractivity contribution in [2.75, 3.05) is 5.32 Å². The molecule has 1 N–H and O–H groups in total. The highest BCUT2D eigenvalue weighted by atomic mass is 16.5. The number of hydrogen-bond acceptors (Lipinski definition) is 3. The maximum Gasteiger partial charge on any atom is 0.265 e. The summed E-state index contributed by atoms with van der Waals surface area (Å²) in [5, 5.41) is 3.90. The molecule has 3 rings (SSSR count). The summed E-state index contributed by atoms with van der Waals surface area (Å²) in [6.07, 6.45) is 1.10. The highest BCUT2D eigenvalue weighted by molar-refractivity contribution is 6.01. The highest BCUT2D eigenvalue weighted by Crippen LogP contribution is 2.25. The van der Waals surface area contributed by atoms with E-state index in [9.17, 15) is 4.79 Å². The monoisotopic (exact) mass is 348 g/mol. The van der Waals surface area contributed by atoms with Gasteiger partial charge < -0.3 is 10.1 Å². The van der Waals surface area contributed by atoms with Crippen LogP contribution in [-0.2, 0) is 10.2 Å². The van der Waals surface area contributed by atoms with Gasteiger partial charge in [-0.3, -0.25) is 9.78 Å². The third kappa shape index (κ3) is 4.02. The van der Waals surface area contributed by atoms with E-state index in [2.05, 4.69) is 31.1 Å². The number of benzene rings is 2. The summed E-state index contributed by atoms with van der Waals surface area (Å²) < 4.78 is 5.80. The molecule has 1 atom stereocenters. The molecule has 1 heterocycles. The van der Waals surface area contributed by atoms with Gasteiger partial charge in [0, 0.05) is 11.6 Å². The van der Waals surface area contributed by atoms with E-state index in [-0.39, 0.29) is 11.3 Å². The molecule has 0 bridgehead atoms. The first-order valence-electron chi connectivity index (χ1n) is 8.76.